The van der Waals surface area contributed by atoms with Crippen molar-refractivity contribution in [1.29, 1.82) is 0 Å². The molecule has 0 unspecified atom stereocenters. The van der Waals surface area contributed by atoms with E-state index in [1.807, 2.05) is 6.07 Å². The molecule has 0 spiro atoms. The van der Waals surface area contributed by atoms with Gasteiger partial charge in [-0.25, -0.2) is 0 Å². The molecule has 0 saturated carbocycles. The molecular formula is C38H30N2. The van der Waals surface area contributed by atoms with E-state index in [0.717, 1.165) is 23.4 Å². The lowest BCUT2D eigenvalue weighted by Gasteiger charge is -2.13. The topological polar surface area (TPSA) is 30.9 Å². The third-order valence-corrected chi connectivity index (χ3v) is 7.96. The first-order valence-electron chi connectivity index (χ1n) is 13.9. The van der Waals surface area contributed by atoms with Gasteiger partial charge in [0.05, 0.1) is 11.0 Å². The van der Waals surface area contributed by atoms with Crippen molar-refractivity contribution >= 4 is 27.5 Å². The SMILES string of the molecule is CCc1ccccc1-c1cc(-c2ccc3c(c2)c2ccccc2n3-c2cccc(-c3ccccc3)c2)ccc1N. The summed E-state index contributed by atoms with van der Waals surface area (Å²) in [4.78, 5) is 0. The summed E-state index contributed by atoms with van der Waals surface area (Å²) in [5, 5.41) is 2.49. The zero-order valence-corrected chi connectivity index (χ0v) is 22.5. The van der Waals surface area contributed by atoms with Crippen LogP contribution in [-0.4, -0.2) is 4.57 Å². The van der Waals surface area contributed by atoms with Crippen molar-refractivity contribution in [2.24, 2.45) is 0 Å². The van der Waals surface area contributed by atoms with Crippen LogP contribution in [0.25, 0.3) is 60.9 Å². The van der Waals surface area contributed by atoms with E-state index in [1.54, 1.807) is 0 Å². The Bertz CT molecular complexity index is 2000. The maximum atomic E-state index is 6.51. The highest BCUT2D eigenvalue weighted by Crippen LogP contribution is 2.38. The molecule has 0 fully saturated rings. The van der Waals surface area contributed by atoms with Crippen LogP contribution in [0.1, 0.15) is 12.5 Å². The number of nitrogens with zero attached hydrogens (tertiary/aromatic N) is 1. The lowest BCUT2D eigenvalue weighted by Crippen LogP contribution is -1.95. The number of anilines is 1. The third-order valence-electron chi connectivity index (χ3n) is 7.96. The Labute approximate surface area is 235 Å². The summed E-state index contributed by atoms with van der Waals surface area (Å²) in [6.07, 6.45) is 0.969. The van der Waals surface area contributed by atoms with Gasteiger partial charge in [0.15, 0.2) is 0 Å². The predicted octanol–water partition coefficient (Wildman–Crippen LogP) is 9.93. The van der Waals surface area contributed by atoms with E-state index in [-0.39, 0.29) is 0 Å². The second kappa shape index (κ2) is 9.91. The van der Waals surface area contributed by atoms with Crippen LogP contribution in [0.3, 0.4) is 0 Å². The minimum absolute atomic E-state index is 0.806. The van der Waals surface area contributed by atoms with Crippen LogP contribution in [0.4, 0.5) is 5.69 Å². The van der Waals surface area contributed by atoms with Gasteiger partial charge in [0.1, 0.15) is 0 Å². The lowest BCUT2D eigenvalue weighted by molar-refractivity contribution is 1.14. The molecule has 7 aromatic rings. The molecule has 40 heavy (non-hydrogen) atoms. The number of fused-ring (bicyclic) bond motifs is 3. The van der Waals surface area contributed by atoms with Crippen molar-refractivity contribution < 1.29 is 0 Å². The minimum atomic E-state index is 0.806. The average molecular weight is 515 g/mol. The Morgan fingerprint density at radius 1 is 0.500 bits per heavy atom. The van der Waals surface area contributed by atoms with E-state index in [1.165, 1.54) is 55.2 Å². The molecule has 0 saturated heterocycles. The summed E-state index contributed by atoms with van der Waals surface area (Å²) in [6, 6.07) is 49.9. The van der Waals surface area contributed by atoms with Crippen molar-refractivity contribution in [2.75, 3.05) is 5.73 Å². The fourth-order valence-electron chi connectivity index (χ4n) is 5.95. The highest BCUT2D eigenvalue weighted by atomic mass is 15.0. The molecule has 2 N–H and O–H groups in total. The van der Waals surface area contributed by atoms with Gasteiger partial charge in [0.25, 0.3) is 0 Å². The highest BCUT2D eigenvalue weighted by molar-refractivity contribution is 6.10. The van der Waals surface area contributed by atoms with Crippen LogP contribution in [0.15, 0.2) is 140 Å². The van der Waals surface area contributed by atoms with Crippen LogP contribution >= 0.6 is 0 Å². The molecular weight excluding hydrogens is 484 g/mol. The van der Waals surface area contributed by atoms with Crippen molar-refractivity contribution in [3.8, 4) is 39.1 Å². The largest absolute Gasteiger partial charge is 0.398 e. The normalized spacial score (nSPS) is 11.3. The van der Waals surface area contributed by atoms with Crippen LogP contribution in [0.5, 0.6) is 0 Å². The number of rotatable bonds is 5. The first-order chi connectivity index (χ1) is 19.7. The molecule has 0 atom stereocenters. The second-order valence-electron chi connectivity index (χ2n) is 10.3. The number of aryl methyl sites for hydroxylation is 1. The molecule has 2 heteroatoms. The summed E-state index contributed by atoms with van der Waals surface area (Å²) in [5.74, 6) is 0. The summed E-state index contributed by atoms with van der Waals surface area (Å²) >= 11 is 0. The first-order valence-corrected chi connectivity index (χ1v) is 13.9. The number of nitrogen functional groups attached to an aromatic ring is 1. The molecule has 0 radical (unpaired) electrons. The zero-order valence-electron chi connectivity index (χ0n) is 22.5. The third kappa shape index (κ3) is 4.06. The van der Waals surface area contributed by atoms with Gasteiger partial charge in [-0.05, 0) is 82.3 Å². The first kappa shape index (κ1) is 24.0. The number of para-hydroxylation sites is 1. The van der Waals surface area contributed by atoms with Gasteiger partial charge < -0.3 is 10.3 Å². The Morgan fingerprint density at radius 3 is 2.05 bits per heavy atom. The van der Waals surface area contributed by atoms with Crippen LogP contribution < -0.4 is 5.73 Å². The summed E-state index contributed by atoms with van der Waals surface area (Å²) < 4.78 is 2.38. The van der Waals surface area contributed by atoms with Crippen LogP contribution in [0.2, 0.25) is 0 Å². The van der Waals surface area contributed by atoms with Gasteiger partial charge in [0.2, 0.25) is 0 Å². The van der Waals surface area contributed by atoms with E-state index in [9.17, 15) is 0 Å². The smallest absolute Gasteiger partial charge is 0.0541 e. The van der Waals surface area contributed by atoms with Gasteiger partial charge in [-0.3, -0.25) is 0 Å². The quantitative estimate of drug-likeness (QED) is 0.228. The van der Waals surface area contributed by atoms with E-state index in [4.69, 9.17) is 5.73 Å². The molecule has 7 rings (SSSR count). The van der Waals surface area contributed by atoms with E-state index in [0.29, 0.717) is 0 Å². The summed E-state index contributed by atoms with van der Waals surface area (Å²) in [6.45, 7) is 2.19. The van der Waals surface area contributed by atoms with E-state index < -0.39 is 0 Å². The standard InChI is InChI=1S/C38H30N2/c1-2-26-11-6-7-16-32(26)34-24-29(19-21-36(34)39)30-20-22-38-35(25-30)33-17-8-9-18-37(33)40(38)31-15-10-14-28(23-31)27-12-4-3-5-13-27/h3-25H,2,39H2,1H3. The minimum Gasteiger partial charge on any atom is -0.398 e. The molecule has 6 aromatic carbocycles. The molecule has 0 amide bonds. The maximum absolute atomic E-state index is 6.51. The van der Waals surface area contributed by atoms with E-state index in [2.05, 4.69) is 145 Å². The van der Waals surface area contributed by atoms with Gasteiger partial charge in [-0.1, -0.05) is 104 Å². The fraction of sp³-hybridized carbons (Fsp3) is 0.0526. The molecule has 192 valence electrons. The average Bonchev–Trinajstić information content (AvgIpc) is 3.35. The number of hydrogen-bond donors (Lipinski definition) is 1. The number of aromatic nitrogens is 1. The summed E-state index contributed by atoms with van der Waals surface area (Å²) in [5.41, 5.74) is 19.3. The lowest BCUT2D eigenvalue weighted by atomic mass is 9.93. The van der Waals surface area contributed by atoms with Crippen molar-refractivity contribution in [3.63, 3.8) is 0 Å². The number of hydrogen-bond acceptors (Lipinski definition) is 1. The van der Waals surface area contributed by atoms with Crippen LogP contribution in [0, 0.1) is 0 Å². The molecule has 0 bridgehead atoms. The van der Waals surface area contributed by atoms with Crippen molar-refractivity contribution in [2.45, 2.75) is 13.3 Å². The number of benzene rings is 6. The van der Waals surface area contributed by atoms with Crippen molar-refractivity contribution in [3.05, 3.63) is 145 Å². The Morgan fingerprint density at radius 2 is 1.18 bits per heavy atom. The molecule has 0 aliphatic carbocycles. The van der Waals surface area contributed by atoms with Gasteiger partial charge >= 0.3 is 0 Å². The molecule has 1 heterocycles. The second-order valence-corrected chi connectivity index (χ2v) is 10.3. The Balaban J connectivity index is 1.39. The molecule has 0 aliphatic rings. The highest BCUT2D eigenvalue weighted by Gasteiger charge is 2.15. The van der Waals surface area contributed by atoms with Gasteiger partial charge in [-0.2, -0.15) is 0 Å². The zero-order chi connectivity index (χ0) is 27.1. The summed E-state index contributed by atoms with van der Waals surface area (Å²) in [7, 11) is 0. The predicted molar refractivity (Wildman–Crippen MR) is 171 cm³/mol. The fourth-order valence-corrected chi connectivity index (χ4v) is 5.95. The molecule has 0 aliphatic heterocycles. The van der Waals surface area contributed by atoms with Gasteiger partial charge in [0, 0.05) is 27.7 Å². The van der Waals surface area contributed by atoms with Crippen LogP contribution in [-0.2, 0) is 6.42 Å². The Hall–Kier alpha value is -5.08. The van der Waals surface area contributed by atoms with Gasteiger partial charge in [-0.15, -0.1) is 0 Å². The van der Waals surface area contributed by atoms with E-state index >= 15 is 0 Å². The Kier molecular flexibility index (Phi) is 5.94. The maximum Gasteiger partial charge on any atom is 0.0541 e. The monoisotopic (exact) mass is 514 g/mol. The number of nitrogens with two attached hydrogens (primary N) is 1. The van der Waals surface area contributed by atoms with Crippen molar-refractivity contribution in [1.82, 2.24) is 4.57 Å². The molecule has 2 nitrogen and oxygen atoms in total. The molecule has 1 aromatic heterocycles.